The maximum Gasteiger partial charge on any atom is 0.125 e. The van der Waals surface area contributed by atoms with Crippen molar-refractivity contribution in [2.45, 2.75) is 13.3 Å². The van der Waals surface area contributed by atoms with Gasteiger partial charge in [-0.2, -0.15) is 0 Å². The SMILES string of the molecule is Cc1cccc(Cl)c1-n1c(CCCl)nc2ccc(F)cc21. The summed E-state index contributed by atoms with van der Waals surface area (Å²) in [6, 6.07) is 10.2. The highest BCUT2D eigenvalue weighted by Crippen LogP contribution is 2.30. The predicted molar refractivity (Wildman–Crippen MR) is 85.2 cm³/mol. The van der Waals surface area contributed by atoms with E-state index in [-0.39, 0.29) is 5.82 Å². The number of halogens is 3. The first kappa shape index (κ1) is 14.4. The lowest BCUT2D eigenvalue weighted by Crippen LogP contribution is -2.05. The van der Waals surface area contributed by atoms with Crippen LogP contribution in [-0.2, 0) is 6.42 Å². The van der Waals surface area contributed by atoms with Crippen LogP contribution in [-0.4, -0.2) is 15.4 Å². The molecule has 2 aromatic carbocycles. The average molecular weight is 323 g/mol. The van der Waals surface area contributed by atoms with Crippen molar-refractivity contribution < 1.29 is 4.39 Å². The molecule has 3 rings (SSSR count). The first-order chi connectivity index (χ1) is 10.1. The van der Waals surface area contributed by atoms with E-state index in [1.54, 1.807) is 6.07 Å². The van der Waals surface area contributed by atoms with Crippen LogP contribution in [0.25, 0.3) is 16.7 Å². The molecule has 2 nitrogen and oxygen atoms in total. The lowest BCUT2D eigenvalue weighted by Gasteiger charge is -2.13. The Kier molecular flexibility index (Phi) is 3.87. The van der Waals surface area contributed by atoms with Gasteiger partial charge in [0.15, 0.2) is 0 Å². The van der Waals surface area contributed by atoms with Crippen LogP contribution in [0.2, 0.25) is 5.02 Å². The second kappa shape index (κ2) is 5.66. The Balaban J connectivity index is 2.38. The highest BCUT2D eigenvalue weighted by molar-refractivity contribution is 6.32. The summed E-state index contributed by atoms with van der Waals surface area (Å²) in [6.07, 6.45) is 0.586. The largest absolute Gasteiger partial charge is 0.294 e. The van der Waals surface area contributed by atoms with E-state index in [0.717, 1.165) is 22.6 Å². The summed E-state index contributed by atoms with van der Waals surface area (Å²) >= 11 is 12.2. The molecule has 0 amide bonds. The summed E-state index contributed by atoms with van der Waals surface area (Å²) in [6.45, 7) is 1.97. The molecule has 0 unspecified atom stereocenters. The van der Waals surface area contributed by atoms with Crippen LogP contribution < -0.4 is 0 Å². The van der Waals surface area contributed by atoms with Gasteiger partial charge >= 0.3 is 0 Å². The molecule has 0 aliphatic heterocycles. The van der Waals surface area contributed by atoms with Crippen molar-refractivity contribution >= 4 is 34.2 Å². The van der Waals surface area contributed by atoms with Crippen molar-refractivity contribution in [3.63, 3.8) is 0 Å². The zero-order valence-electron chi connectivity index (χ0n) is 11.4. The van der Waals surface area contributed by atoms with Gasteiger partial charge in [-0.25, -0.2) is 9.37 Å². The van der Waals surface area contributed by atoms with Crippen LogP contribution in [0.3, 0.4) is 0 Å². The van der Waals surface area contributed by atoms with Crippen LogP contribution in [0.1, 0.15) is 11.4 Å². The molecule has 1 heterocycles. The maximum atomic E-state index is 13.6. The summed E-state index contributed by atoms with van der Waals surface area (Å²) < 4.78 is 15.5. The molecule has 0 aliphatic carbocycles. The number of benzene rings is 2. The molecule has 0 saturated carbocycles. The first-order valence-electron chi connectivity index (χ1n) is 6.60. The van der Waals surface area contributed by atoms with Gasteiger partial charge in [-0.3, -0.25) is 4.57 Å². The van der Waals surface area contributed by atoms with Crippen molar-refractivity contribution in [3.8, 4) is 5.69 Å². The Hall–Kier alpha value is -1.58. The maximum absolute atomic E-state index is 13.6. The number of hydrogen-bond donors (Lipinski definition) is 0. The van der Waals surface area contributed by atoms with Gasteiger partial charge in [0.05, 0.1) is 21.7 Å². The van der Waals surface area contributed by atoms with E-state index < -0.39 is 0 Å². The lowest BCUT2D eigenvalue weighted by atomic mass is 10.2. The third kappa shape index (κ3) is 2.52. The fourth-order valence-electron chi connectivity index (χ4n) is 2.51. The molecule has 3 aromatic rings. The highest BCUT2D eigenvalue weighted by atomic mass is 35.5. The van der Waals surface area contributed by atoms with Gasteiger partial charge in [-0.05, 0) is 30.7 Å². The Morgan fingerprint density at radius 1 is 1.24 bits per heavy atom. The van der Waals surface area contributed by atoms with E-state index in [1.165, 1.54) is 12.1 Å². The summed E-state index contributed by atoms with van der Waals surface area (Å²) in [5.41, 5.74) is 3.26. The van der Waals surface area contributed by atoms with Crippen LogP contribution in [0, 0.1) is 12.7 Å². The normalized spacial score (nSPS) is 11.2. The molecule has 0 N–H and O–H groups in total. The quantitative estimate of drug-likeness (QED) is 0.626. The van der Waals surface area contributed by atoms with Crippen molar-refractivity contribution in [2.24, 2.45) is 0 Å². The Labute approximate surface area is 132 Å². The molecule has 21 heavy (non-hydrogen) atoms. The topological polar surface area (TPSA) is 17.8 Å². The Bertz CT molecular complexity index is 791. The van der Waals surface area contributed by atoms with Crippen LogP contribution in [0.5, 0.6) is 0 Å². The molecule has 0 spiro atoms. The van der Waals surface area contributed by atoms with Gasteiger partial charge in [-0.1, -0.05) is 23.7 Å². The molecule has 0 saturated heterocycles. The van der Waals surface area contributed by atoms with Crippen molar-refractivity contribution in [3.05, 3.63) is 58.6 Å². The van der Waals surface area contributed by atoms with Crippen molar-refractivity contribution in [2.75, 3.05) is 5.88 Å². The van der Waals surface area contributed by atoms with E-state index in [9.17, 15) is 4.39 Å². The van der Waals surface area contributed by atoms with E-state index in [0.29, 0.717) is 22.8 Å². The van der Waals surface area contributed by atoms with E-state index in [4.69, 9.17) is 23.2 Å². The van der Waals surface area contributed by atoms with E-state index in [2.05, 4.69) is 4.98 Å². The zero-order valence-corrected chi connectivity index (χ0v) is 12.9. The summed E-state index contributed by atoms with van der Waals surface area (Å²) in [4.78, 5) is 4.56. The number of nitrogens with zero attached hydrogens (tertiary/aromatic N) is 2. The summed E-state index contributed by atoms with van der Waals surface area (Å²) in [7, 11) is 0. The van der Waals surface area contributed by atoms with Gasteiger partial charge < -0.3 is 0 Å². The molecule has 5 heteroatoms. The van der Waals surface area contributed by atoms with Gasteiger partial charge in [-0.15, -0.1) is 11.6 Å². The lowest BCUT2D eigenvalue weighted by molar-refractivity contribution is 0.629. The zero-order chi connectivity index (χ0) is 15.0. The molecular weight excluding hydrogens is 310 g/mol. The minimum Gasteiger partial charge on any atom is -0.294 e. The number of aryl methyl sites for hydroxylation is 2. The molecular formula is C16H13Cl2FN2. The summed E-state index contributed by atoms with van der Waals surface area (Å²) in [5, 5.41) is 0.606. The molecule has 1 aromatic heterocycles. The minimum absolute atomic E-state index is 0.300. The summed E-state index contributed by atoms with van der Waals surface area (Å²) in [5.74, 6) is 0.919. The van der Waals surface area contributed by atoms with Gasteiger partial charge in [0, 0.05) is 18.4 Å². The number of hydrogen-bond acceptors (Lipinski definition) is 1. The number of imidazole rings is 1. The smallest absolute Gasteiger partial charge is 0.125 e. The number of aromatic nitrogens is 2. The fourth-order valence-corrected chi connectivity index (χ4v) is 2.98. The molecule has 0 fully saturated rings. The fraction of sp³-hybridized carbons (Fsp3) is 0.188. The number of alkyl halides is 1. The first-order valence-corrected chi connectivity index (χ1v) is 7.51. The minimum atomic E-state index is -0.300. The van der Waals surface area contributed by atoms with Crippen LogP contribution >= 0.6 is 23.2 Å². The number of fused-ring (bicyclic) bond motifs is 1. The second-order valence-electron chi connectivity index (χ2n) is 4.84. The molecule has 0 bridgehead atoms. The van der Waals surface area contributed by atoms with Gasteiger partial charge in [0.2, 0.25) is 0 Å². The van der Waals surface area contributed by atoms with E-state index in [1.807, 2.05) is 29.7 Å². The second-order valence-corrected chi connectivity index (χ2v) is 5.63. The molecule has 108 valence electrons. The number of rotatable bonds is 3. The highest BCUT2D eigenvalue weighted by Gasteiger charge is 2.16. The molecule has 0 aliphatic rings. The third-order valence-corrected chi connectivity index (χ3v) is 3.91. The van der Waals surface area contributed by atoms with E-state index >= 15 is 0 Å². The molecule has 0 atom stereocenters. The van der Waals surface area contributed by atoms with Gasteiger partial charge in [0.25, 0.3) is 0 Å². The van der Waals surface area contributed by atoms with Crippen LogP contribution in [0.15, 0.2) is 36.4 Å². The van der Waals surface area contributed by atoms with Gasteiger partial charge in [0.1, 0.15) is 11.6 Å². The third-order valence-electron chi connectivity index (χ3n) is 3.42. The standard InChI is InChI=1S/C16H13Cl2FN2/c1-10-3-2-4-12(18)16(10)21-14-9-11(19)5-6-13(14)20-15(21)7-8-17/h2-6,9H,7-8H2,1H3. The molecule has 0 radical (unpaired) electrons. The predicted octanol–water partition coefficient (Wildman–Crippen LogP) is 4.91. The Morgan fingerprint density at radius 3 is 2.76 bits per heavy atom. The van der Waals surface area contributed by atoms with Crippen molar-refractivity contribution in [1.29, 1.82) is 0 Å². The average Bonchev–Trinajstić information content (AvgIpc) is 2.77. The van der Waals surface area contributed by atoms with Crippen LogP contribution in [0.4, 0.5) is 4.39 Å². The Morgan fingerprint density at radius 2 is 2.05 bits per heavy atom. The number of para-hydroxylation sites is 1. The van der Waals surface area contributed by atoms with Crippen molar-refractivity contribution in [1.82, 2.24) is 9.55 Å². The monoisotopic (exact) mass is 322 g/mol.